The molecule has 0 spiro atoms. The van der Waals surface area contributed by atoms with Crippen LogP contribution in [0.4, 0.5) is 34.1 Å². The van der Waals surface area contributed by atoms with Crippen LogP contribution >= 0.6 is 0 Å². The Morgan fingerprint density at radius 3 is 1.14 bits per heavy atom. The maximum Gasteiger partial charge on any atom is 0.295 e. The Kier molecular flexibility index (Phi) is 8.34. The van der Waals surface area contributed by atoms with Crippen LogP contribution in [0.3, 0.4) is 0 Å². The van der Waals surface area contributed by atoms with Gasteiger partial charge in [0.25, 0.3) is 31.6 Å². The van der Waals surface area contributed by atoms with Gasteiger partial charge in [0, 0.05) is 47.0 Å². The number of hydrogen-bond donors (Lipinski definition) is 4. The first kappa shape index (κ1) is 29.8. The van der Waals surface area contributed by atoms with Gasteiger partial charge in [-0.1, -0.05) is 24.3 Å². The molecule has 4 N–H and O–H groups in total. The minimum Gasteiger partial charge on any atom is -0.355 e. The Morgan fingerprint density at radius 1 is 0.548 bits per heavy atom. The molecule has 0 aliphatic rings. The topological polar surface area (TPSA) is 219 Å². The van der Waals surface area contributed by atoms with Crippen LogP contribution in [0.1, 0.15) is 11.1 Å². The Bertz CT molecular complexity index is 1780. The number of hydrogen-bond acceptors (Lipinski definition) is 10. The van der Waals surface area contributed by atoms with Gasteiger partial charge in [-0.3, -0.25) is 29.3 Å². The molecule has 0 aliphatic carbocycles. The van der Waals surface area contributed by atoms with Gasteiger partial charge in [-0.15, -0.1) is 0 Å². The van der Waals surface area contributed by atoms with Crippen molar-refractivity contribution in [3.05, 3.63) is 116 Å². The molecule has 16 heteroatoms. The predicted octanol–water partition coefficient (Wildman–Crippen LogP) is 5.65. The smallest absolute Gasteiger partial charge is 0.295 e. The van der Waals surface area contributed by atoms with Gasteiger partial charge in [0.2, 0.25) is 0 Å². The fourth-order valence-electron chi connectivity index (χ4n) is 3.79. The lowest BCUT2D eigenvalue weighted by Gasteiger charge is -2.11. The van der Waals surface area contributed by atoms with Crippen molar-refractivity contribution < 1.29 is 35.8 Å². The highest BCUT2D eigenvalue weighted by atomic mass is 32.2. The first-order chi connectivity index (χ1) is 19.7. The average molecular weight is 613 g/mol. The van der Waals surface area contributed by atoms with Crippen LogP contribution in [0.15, 0.2) is 94.7 Å². The van der Waals surface area contributed by atoms with E-state index in [9.17, 15) is 46.2 Å². The minimum absolute atomic E-state index is 0.0129. The van der Waals surface area contributed by atoms with Crippen LogP contribution in [0.2, 0.25) is 0 Å². The number of nitrogens with zero attached hydrogens (tertiary/aromatic N) is 2. The fraction of sp³-hybridized carbons (Fsp3) is 0. The van der Waals surface area contributed by atoms with E-state index in [4.69, 9.17) is 0 Å². The molecule has 4 rings (SSSR count). The number of non-ortho nitro benzene ring substituents is 2. The highest BCUT2D eigenvalue weighted by molar-refractivity contribution is 7.86. The fourth-order valence-corrected chi connectivity index (χ4v) is 5.21. The molecular weight excluding hydrogens is 592 g/mol. The number of nitro benzene ring substituents is 2. The first-order valence-electron chi connectivity index (χ1n) is 11.6. The first-order valence-corrected chi connectivity index (χ1v) is 14.5. The molecule has 0 saturated heterocycles. The van der Waals surface area contributed by atoms with Crippen LogP contribution in [0.5, 0.6) is 0 Å². The molecule has 4 aromatic rings. The molecular formula is C26H20N4O10S2. The summed E-state index contributed by atoms with van der Waals surface area (Å²) in [4.78, 5) is 19.5. The van der Waals surface area contributed by atoms with Crippen LogP contribution in [0.25, 0.3) is 12.2 Å². The summed E-state index contributed by atoms with van der Waals surface area (Å²) < 4.78 is 68.2. The molecule has 0 aromatic heterocycles. The largest absolute Gasteiger partial charge is 0.355 e. The van der Waals surface area contributed by atoms with Crippen molar-refractivity contribution in [2.45, 2.75) is 9.79 Å². The van der Waals surface area contributed by atoms with E-state index in [1.165, 1.54) is 84.9 Å². The Morgan fingerprint density at radius 2 is 0.857 bits per heavy atom. The summed E-state index contributed by atoms with van der Waals surface area (Å²) in [7, 11) is -9.52. The molecule has 0 unspecified atom stereocenters. The van der Waals surface area contributed by atoms with E-state index in [1.807, 2.05) is 0 Å². The van der Waals surface area contributed by atoms with Crippen molar-refractivity contribution in [2.24, 2.45) is 0 Å². The molecule has 0 radical (unpaired) electrons. The Balaban J connectivity index is 1.63. The van der Waals surface area contributed by atoms with Crippen molar-refractivity contribution in [1.29, 1.82) is 0 Å². The summed E-state index contributed by atoms with van der Waals surface area (Å²) >= 11 is 0. The summed E-state index contributed by atoms with van der Waals surface area (Å²) in [5.41, 5.74) is 0.971. The van der Waals surface area contributed by atoms with E-state index in [0.29, 0.717) is 11.4 Å². The third-order valence-electron chi connectivity index (χ3n) is 5.76. The second-order valence-corrected chi connectivity index (χ2v) is 11.4. The zero-order valence-electron chi connectivity index (χ0n) is 21.1. The van der Waals surface area contributed by atoms with E-state index < -0.39 is 39.9 Å². The molecule has 0 atom stereocenters. The van der Waals surface area contributed by atoms with E-state index >= 15 is 0 Å². The second kappa shape index (κ2) is 11.8. The number of anilines is 4. The normalized spacial score (nSPS) is 11.8. The summed E-state index contributed by atoms with van der Waals surface area (Å²) in [6, 6.07) is 18.5. The standard InChI is InChI=1S/C26H20N4O10S2/c31-29(32)23-11-7-19(8-12-23)27-21-5-3-17(25(15-21)41(35,36)37)1-2-18-4-6-22(16-26(18)42(38,39)40)28-20-9-13-24(14-10-20)30(33)34/h1-16,27-28H,(H,35,36,37)(H,38,39,40)/b2-1+. The summed E-state index contributed by atoms with van der Waals surface area (Å²) in [6.07, 6.45) is 2.46. The van der Waals surface area contributed by atoms with Gasteiger partial charge in [0.1, 0.15) is 9.79 Å². The van der Waals surface area contributed by atoms with E-state index in [-0.39, 0.29) is 33.9 Å². The maximum atomic E-state index is 12.1. The maximum absolute atomic E-state index is 12.1. The van der Waals surface area contributed by atoms with Crippen molar-refractivity contribution in [2.75, 3.05) is 10.6 Å². The van der Waals surface area contributed by atoms with E-state index in [2.05, 4.69) is 10.6 Å². The summed E-state index contributed by atoms with van der Waals surface area (Å²) in [6.45, 7) is 0. The monoisotopic (exact) mass is 612 g/mol. The highest BCUT2D eigenvalue weighted by Gasteiger charge is 2.18. The van der Waals surface area contributed by atoms with Gasteiger partial charge in [0.05, 0.1) is 9.85 Å². The number of benzene rings is 4. The lowest BCUT2D eigenvalue weighted by atomic mass is 10.1. The van der Waals surface area contributed by atoms with Crippen molar-refractivity contribution in [3.8, 4) is 0 Å². The van der Waals surface area contributed by atoms with Crippen LogP contribution in [-0.4, -0.2) is 35.8 Å². The predicted molar refractivity (Wildman–Crippen MR) is 154 cm³/mol. The van der Waals surface area contributed by atoms with Gasteiger partial charge in [-0.25, -0.2) is 0 Å². The highest BCUT2D eigenvalue weighted by Crippen LogP contribution is 2.29. The second-order valence-electron chi connectivity index (χ2n) is 8.65. The number of rotatable bonds is 10. The number of nitrogens with one attached hydrogen (secondary N) is 2. The SMILES string of the molecule is O=[N+]([O-])c1ccc(Nc2ccc(/C=C/c3ccc(Nc4ccc([N+](=O)[O-])cc4)cc3S(=O)(=O)O)c(S(=O)(=O)O)c2)cc1. The van der Waals surface area contributed by atoms with Crippen LogP contribution in [0, 0.1) is 20.2 Å². The lowest BCUT2D eigenvalue weighted by molar-refractivity contribution is -0.385. The third kappa shape index (κ3) is 7.32. The molecule has 0 amide bonds. The van der Waals surface area contributed by atoms with Crippen LogP contribution < -0.4 is 10.6 Å². The minimum atomic E-state index is -4.76. The summed E-state index contributed by atoms with van der Waals surface area (Å²) in [5.74, 6) is 0. The molecule has 0 bridgehead atoms. The van der Waals surface area contributed by atoms with E-state index in [1.54, 1.807) is 0 Å². The van der Waals surface area contributed by atoms with E-state index in [0.717, 1.165) is 12.1 Å². The molecule has 0 fully saturated rings. The van der Waals surface area contributed by atoms with Gasteiger partial charge < -0.3 is 10.6 Å². The number of nitro groups is 2. The van der Waals surface area contributed by atoms with Crippen LogP contribution in [-0.2, 0) is 20.2 Å². The Hall–Kier alpha value is -5.16. The van der Waals surface area contributed by atoms with Crippen molar-refractivity contribution >= 4 is 66.5 Å². The molecule has 42 heavy (non-hydrogen) atoms. The Labute approximate surface area is 238 Å². The molecule has 4 aromatic carbocycles. The van der Waals surface area contributed by atoms with Gasteiger partial charge in [-0.05, 0) is 59.7 Å². The van der Waals surface area contributed by atoms with Crippen molar-refractivity contribution in [3.63, 3.8) is 0 Å². The zero-order chi connectivity index (χ0) is 30.7. The van der Waals surface area contributed by atoms with Gasteiger partial charge in [0.15, 0.2) is 0 Å². The lowest BCUT2D eigenvalue weighted by Crippen LogP contribution is -2.03. The average Bonchev–Trinajstić information content (AvgIpc) is 2.92. The molecule has 14 nitrogen and oxygen atoms in total. The third-order valence-corrected chi connectivity index (χ3v) is 7.58. The molecule has 0 saturated carbocycles. The van der Waals surface area contributed by atoms with Crippen molar-refractivity contribution in [1.82, 2.24) is 0 Å². The van der Waals surface area contributed by atoms with Gasteiger partial charge >= 0.3 is 0 Å². The zero-order valence-corrected chi connectivity index (χ0v) is 22.7. The molecule has 216 valence electrons. The van der Waals surface area contributed by atoms with Gasteiger partial charge in [-0.2, -0.15) is 16.8 Å². The molecule has 0 aliphatic heterocycles. The quantitative estimate of drug-likeness (QED) is 0.0738. The summed E-state index contributed by atoms with van der Waals surface area (Å²) in [5, 5.41) is 27.4. The molecule has 0 heterocycles.